The molecule has 4 unspecified atom stereocenters. The topological polar surface area (TPSA) is 58.4 Å². The van der Waals surface area contributed by atoms with Gasteiger partial charge in [0, 0.05) is 12.6 Å². The molecular formula is C17H35N3O. The number of carbonyl (C=O) groups is 1. The van der Waals surface area contributed by atoms with E-state index in [1.54, 1.807) is 0 Å². The third-order valence-electron chi connectivity index (χ3n) is 5.15. The van der Waals surface area contributed by atoms with Gasteiger partial charge in [-0.1, -0.05) is 20.8 Å². The number of nitrogens with zero attached hydrogens (tertiary/aromatic N) is 1. The second-order valence-corrected chi connectivity index (χ2v) is 7.28. The molecule has 4 nitrogen and oxygen atoms in total. The van der Waals surface area contributed by atoms with Crippen LogP contribution in [0.25, 0.3) is 0 Å². The maximum atomic E-state index is 11.7. The Morgan fingerprint density at radius 1 is 1.38 bits per heavy atom. The Morgan fingerprint density at radius 3 is 2.62 bits per heavy atom. The minimum absolute atomic E-state index is 0.232. The summed E-state index contributed by atoms with van der Waals surface area (Å²) in [5.41, 5.74) is 5.02. The summed E-state index contributed by atoms with van der Waals surface area (Å²) in [6.07, 6.45) is 4.17. The second kappa shape index (κ2) is 8.14. The zero-order valence-electron chi connectivity index (χ0n) is 14.6. The van der Waals surface area contributed by atoms with Crippen LogP contribution < -0.4 is 11.1 Å². The van der Waals surface area contributed by atoms with E-state index in [2.05, 4.69) is 37.9 Å². The molecule has 0 aromatic heterocycles. The van der Waals surface area contributed by atoms with Crippen LogP contribution in [0.5, 0.6) is 0 Å². The molecular weight excluding hydrogens is 262 g/mol. The zero-order valence-corrected chi connectivity index (χ0v) is 14.6. The Kier molecular flexibility index (Phi) is 7.14. The van der Waals surface area contributed by atoms with Gasteiger partial charge in [-0.3, -0.25) is 4.79 Å². The largest absolute Gasteiger partial charge is 0.368 e. The van der Waals surface area contributed by atoms with E-state index in [9.17, 15) is 4.79 Å². The minimum Gasteiger partial charge on any atom is -0.368 e. The molecule has 0 radical (unpaired) electrons. The van der Waals surface area contributed by atoms with E-state index < -0.39 is 5.54 Å². The van der Waals surface area contributed by atoms with Gasteiger partial charge < -0.3 is 16.0 Å². The summed E-state index contributed by atoms with van der Waals surface area (Å²) in [7, 11) is 0. The molecule has 4 heteroatoms. The lowest BCUT2D eigenvalue weighted by Crippen LogP contribution is -2.54. The van der Waals surface area contributed by atoms with Gasteiger partial charge in [0.15, 0.2) is 0 Å². The monoisotopic (exact) mass is 297 g/mol. The standard InChI is InChI=1S/C17H35N3O/c1-6-9-19-17(5,16(18)21)8-7-10-20-12-13(2)11-14(3)15(20)4/h13-15,19H,6-12H2,1-5H3,(H2,18,21). The molecule has 1 rings (SSSR count). The van der Waals surface area contributed by atoms with Gasteiger partial charge in [-0.15, -0.1) is 0 Å². The molecule has 1 heterocycles. The van der Waals surface area contributed by atoms with Crippen molar-refractivity contribution in [2.24, 2.45) is 17.6 Å². The Morgan fingerprint density at radius 2 is 2.05 bits per heavy atom. The number of hydrogen-bond acceptors (Lipinski definition) is 3. The number of nitrogens with one attached hydrogen (secondary N) is 1. The first-order valence-electron chi connectivity index (χ1n) is 8.59. The van der Waals surface area contributed by atoms with Crippen molar-refractivity contribution in [2.75, 3.05) is 19.6 Å². The quantitative estimate of drug-likeness (QED) is 0.723. The van der Waals surface area contributed by atoms with E-state index in [0.29, 0.717) is 6.04 Å². The average molecular weight is 297 g/mol. The molecule has 1 fully saturated rings. The van der Waals surface area contributed by atoms with E-state index in [1.165, 1.54) is 13.0 Å². The number of rotatable bonds is 8. The smallest absolute Gasteiger partial charge is 0.237 e. The SMILES string of the molecule is CCCNC(C)(CCCN1CC(C)CC(C)C1C)C(N)=O. The highest BCUT2D eigenvalue weighted by Crippen LogP contribution is 2.27. The molecule has 124 valence electrons. The third kappa shape index (κ3) is 5.26. The van der Waals surface area contributed by atoms with Gasteiger partial charge in [0.2, 0.25) is 5.91 Å². The molecule has 1 amide bonds. The van der Waals surface area contributed by atoms with Crippen molar-refractivity contribution in [1.29, 1.82) is 0 Å². The number of hydrogen-bond donors (Lipinski definition) is 2. The summed E-state index contributed by atoms with van der Waals surface area (Å²) in [4.78, 5) is 14.3. The molecule has 1 saturated heterocycles. The van der Waals surface area contributed by atoms with Crippen LogP contribution >= 0.6 is 0 Å². The number of carbonyl (C=O) groups excluding carboxylic acids is 1. The highest BCUT2D eigenvalue weighted by Gasteiger charge is 2.32. The minimum atomic E-state index is -0.563. The van der Waals surface area contributed by atoms with Gasteiger partial charge in [0.05, 0.1) is 5.54 Å². The van der Waals surface area contributed by atoms with Crippen molar-refractivity contribution in [3.63, 3.8) is 0 Å². The molecule has 0 bridgehead atoms. The summed E-state index contributed by atoms with van der Waals surface area (Å²) in [6.45, 7) is 14.2. The van der Waals surface area contributed by atoms with Gasteiger partial charge in [-0.25, -0.2) is 0 Å². The van der Waals surface area contributed by atoms with Crippen molar-refractivity contribution >= 4 is 5.91 Å². The highest BCUT2D eigenvalue weighted by molar-refractivity contribution is 5.84. The molecule has 1 aliphatic heterocycles. The molecule has 21 heavy (non-hydrogen) atoms. The van der Waals surface area contributed by atoms with Crippen molar-refractivity contribution in [3.8, 4) is 0 Å². The van der Waals surface area contributed by atoms with E-state index in [-0.39, 0.29) is 5.91 Å². The molecule has 0 aliphatic carbocycles. The molecule has 4 atom stereocenters. The van der Waals surface area contributed by atoms with E-state index >= 15 is 0 Å². The molecule has 0 spiro atoms. The van der Waals surface area contributed by atoms with Crippen molar-refractivity contribution in [1.82, 2.24) is 10.2 Å². The Balaban J connectivity index is 2.48. The van der Waals surface area contributed by atoms with Crippen LogP contribution in [0.15, 0.2) is 0 Å². The molecule has 0 aromatic rings. The van der Waals surface area contributed by atoms with E-state index in [4.69, 9.17) is 5.73 Å². The van der Waals surface area contributed by atoms with Gasteiger partial charge in [0.25, 0.3) is 0 Å². The summed E-state index contributed by atoms with van der Waals surface area (Å²) >= 11 is 0. The zero-order chi connectivity index (χ0) is 16.0. The molecule has 0 saturated carbocycles. The molecule has 1 aliphatic rings. The van der Waals surface area contributed by atoms with Crippen LogP contribution in [0.4, 0.5) is 0 Å². The predicted molar refractivity (Wildman–Crippen MR) is 89.1 cm³/mol. The summed E-state index contributed by atoms with van der Waals surface area (Å²) in [5.74, 6) is 1.30. The van der Waals surface area contributed by atoms with Crippen molar-refractivity contribution in [2.45, 2.75) is 71.9 Å². The summed E-state index contributed by atoms with van der Waals surface area (Å²) < 4.78 is 0. The Bertz CT molecular complexity index is 334. The van der Waals surface area contributed by atoms with Gasteiger partial charge in [0.1, 0.15) is 0 Å². The van der Waals surface area contributed by atoms with E-state index in [0.717, 1.165) is 44.2 Å². The fourth-order valence-electron chi connectivity index (χ4n) is 3.46. The summed E-state index contributed by atoms with van der Waals surface area (Å²) in [5, 5.41) is 3.32. The van der Waals surface area contributed by atoms with Crippen LogP contribution in [-0.4, -0.2) is 42.0 Å². The second-order valence-electron chi connectivity index (χ2n) is 7.28. The maximum Gasteiger partial charge on any atom is 0.237 e. The average Bonchev–Trinajstić information content (AvgIpc) is 2.41. The Hall–Kier alpha value is -0.610. The number of primary amides is 1. The van der Waals surface area contributed by atoms with Crippen molar-refractivity contribution < 1.29 is 4.79 Å². The van der Waals surface area contributed by atoms with E-state index in [1.807, 2.05) is 6.92 Å². The van der Waals surface area contributed by atoms with Gasteiger partial charge >= 0.3 is 0 Å². The first-order chi connectivity index (χ1) is 9.80. The molecule has 3 N–H and O–H groups in total. The number of likely N-dealkylation sites (tertiary alicyclic amines) is 1. The predicted octanol–water partition coefficient (Wildman–Crippen LogP) is 2.38. The van der Waals surface area contributed by atoms with Crippen LogP contribution in [0.2, 0.25) is 0 Å². The van der Waals surface area contributed by atoms with Crippen molar-refractivity contribution in [3.05, 3.63) is 0 Å². The normalized spacial score (nSPS) is 30.0. The maximum absolute atomic E-state index is 11.7. The summed E-state index contributed by atoms with van der Waals surface area (Å²) in [6, 6.07) is 0.643. The van der Waals surface area contributed by atoms with Gasteiger partial charge in [-0.2, -0.15) is 0 Å². The highest BCUT2D eigenvalue weighted by atomic mass is 16.1. The van der Waals surface area contributed by atoms with Crippen LogP contribution in [-0.2, 0) is 4.79 Å². The lowest BCUT2D eigenvalue weighted by atomic mass is 9.85. The van der Waals surface area contributed by atoms with Crippen LogP contribution in [0.3, 0.4) is 0 Å². The first kappa shape index (κ1) is 18.4. The van der Waals surface area contributed by atoms with Gasteiger partial charge in [-0.05, 0) is 64.5 Å². The van der Waals surface area contributed by atoms with Crippen LogP contribution in [0, 0.1) is 11.8 Å². The lowest BCUT2D eigenvalue weighted by molar-refractivity contribution is -0.124. The number of piperidine rings is 1. The molecule has 0 aromatic carbocycles. The fraction of sp³-hybridized carbons (Fsp3) is 0.941. The third-order valence-corrected chi connectivity index (χ3v) is 5.15. The van der Waals surface area contributed by atoms with Crippen LogP contribution in [0.1, 0.15) is 60.3 Å². The number of nitrogens with two attached hydrogens (primary N) is 1. The Labute approximate surface area is 130 Å². The first-order valence-corrected chi connectivity index (χ1v) is 8.59. The number of amides is 1. The lowest BCUT2D eigenvalue weighted by Gasteiger charge is -2.41. The fourth-order valence-corrected chi connectivity index (χ4v) is 3.46.